The summed E-state index contributed by atoms with van der Waals surface area (Å²) in [5.74, 6) is 0.925. The molecule has 0 spiro atoms. The van der Waals surface area contributed by atoms with Crippen molar-refractivity contribution in [3.8, 4) is 5.75 Å². The van der Waals surface area contributed by atoms with Gasteiger partial charge in [0.2, 0.25) is 0 Å². The standard InChI is InChI=1S/C20H19F3O2/c1-25-18-8-6-15(7-9-18)19(12-10-17(24)11-13-19)14-2-4-16(5-3-14)20(21,22)23/h2-9H,10-13H2,1H3. The molecule has 0 aliphatic heterocycles. The average Bonchev–Trinajstić information content (AvgIpc) is 2.62. The lowest BCUT2D eigenvalue weighted by Gasteiger charge is -2.38. The highest BCUT2D eigenvalue weighted by atomic mass is 19.4. The van der Waals surface area contributed by atoms with Gasteiger partial charge in [0.25, 0.3) is 0 Å². The molecular weight excluding hydrogens is 329 g/mol. The van der Waals surface area contributed by atoms with E-state index in [1.165, 1.54) is 0 Å². The summed E-state index contributed by atoms with van der Waals surface area (Å²) in [5.41, 5.74) is 0.719. The summed E-state index contributed by atoms with van der Waals surface area (Å²) < 4.78 is 43.8. The molecule has 0 aromatic heterocycles. The van der Waals surface area contributed by atoms with Crippen molar-refractivity contribution in [1.29, 1.82) is 0 Å². The molecule has 2 nitrogen and oxygen atoms in total. The molecule has 3 rings (SSSR count). The Balaban J connectivity index is 2.03. The highest BCUT2D eigenvalue weighted by molar-refractivity contribution is 5.80. The normalized spacial score (nSPS) is 17.4. The monoisotopic (exact) mass is 348 g/mol. The molecule has 0 atom stereocenters. The lowest BCUT2D eigenvalue weighted by Crippen LogP contribution is -2.33. The van der Waals surface area contributed by atoms with Gasteiger partial charge in [0.05, 0.1) is 12.7 Å². The van der Waals surface area contributed by atoms with Gasteiger partial charge in [-0.1, -0.05) is 24.3 Å². The van der Waals surface area contributed by atoms with E-state index in [1.54, 1.807) is 19.2 Å². The van der Waals surface area contributed by atoms with Crippen LogP contribution < -0.4 is 4.74 Å². The maximum absolute atomic E-state index is 12.9. The summed E-state index contributed by atoms with van der Waals surface area (Å²) >= 11 is 0. The fourth-order valence-electron chi connectivity index (χ4n) is 3.59. The van der Waals surface area contributed by atoms with Gasteiger partial charge >= 0.3 is 6.18 Å². The number of ketones is 1. The van der Waals surface area contributed by atoms with Crippen LogP contribution in [0, 0.1) is 0 Å². The van der Waals surface area contributed by atoms with Crippen LogP contribution in [0.3, 0.4) is 0 Å². The number of hydrogen-bond donors (Lipinski definition) is 0. The topological polar surface area (TPSA) is 26.3 Å². The molecular formula is C20H19F3O2. The summed E-state index contributed by atoms with van der Waals surface area (Å²) in [7, 11) is 1.58. The van der Waals surface area contributed by atoms with Gasteiger partial charge in [-0.2, -0.15) is 13.2 Å². The summed E-state index contributed by atoms with van der Waals surface area (Å²) in [6, 6.07) is 12.9. The van der Waals surface area contributed by atoms with Crippen LogP contribution in [-0.4, -0.2) is 12.9 Å². The summed E-state index contributed by atoms with van der Waals surface area (Å²) in [5, 5.41) is 0. The van der Waals surface area contributed by atoms with E-state index in [2.05, 4.69) is 0 Å². The molecule has 5 heteroatoms. The third-order valence-electron chi connectivity index (χ3n) is 5.07. The first-order valence-electron chi connectivity index (χ1n) is 8.19. The zero-order valence-electron chi connectivity index (χ0n) is 13.9. The minimum atomic E-state index is -4.35. The highest BCUT2D eigenvalue weighted by Gasteiger charge is 2.39. The number of benzene rings is 2. The SMILES string of the molecule is COc1ccc(C2(c3ccc(C(F)(F)F)cc3)CCC(=O)CC2)cc1. The molecule has 132 valence electrons. The number of hydrogen-bond acceptors (Lipinski definition) is 2. The molecule has 25 heavy (non-hydrogen) atoms. The molecule has 0 amide bonds. The molecule has 1 fully saturated rings. The second-order valence-electron chi connectivity index (χ2n) is 6.42. The van der Waals surface area contributed by atoms with Crippen molar-refractivity contribution < 1.29 is 22.7 Å². The number of alkyl halides is 3. The molecule has 0 unspecified atom stereocenters. The predicted molar refractivity (Wildman–Crippen MR) is 88.7 cm³/mol. The number of ether oxygens (including phenoxy) is 1. The molecule has 1 aliphatic carbocycles. The van der Waals surface area contributed by atoms with Gasteiger partial charge in [-0.05, 0) is 48.2 Å². The van der Waals surface area contributed by atoms with Crippen molar-refractivity contribution in [2.75, 3.05) is 7.11 Å². The van der Waals surface area contributed by atoms with E-state index in [0.29, 0.717) is 25.7 Å². The maximum Gasteiger partial charge on any atom is 0.416 e. The molecule has 0 radical (unpaired) electrons. The first-order valence-corrected chi connectivity index (χ1v) is 8.19. The third-order valence-corrected chi connectivity index (χ3v) is 5.07. The van der Waals surface area contributed by atoms with E-state index in [0.717, 1.165) is 29.0 Å². The fraction of sp³-hybridized carbons (Fsp3) is 0.350. The van der Waals surface area contributed by atoms with Crippen LogP contribution in [0.15, 0.2) is 48.5 Å². The minimum Gasteiger partial charge on any atom is -0.497 e. The lowest BCUT2D eigenvalue weighted by molar-refractivity contribution is -0.137. The lowest BCUT2D eigenvalue weighted by atomic mass is 9.65. The number of Topliss-reactive ketones (excluding diaryl/α,β-unsaturated/α-hetero) is 1. The number of halogens is 3. The minimum absolute atomic E-state index is 0.205. The number of methoxy groups -OCH3 is 1. The summed E-state index contributed by atoms with van der Waals surface area (Å²) in [6.07, 6.45) is -2.28. The Bertz CT molecular complexity index is 736. The van der Waals surface area contributed by atoms with Crippen molar-refractivity contribution in [3.05, 3.63) is 65.2 Å². The van der Waals surface area contributed by atoms with Crippen molar-refractivity contribution in [2.24, 2.45) is 0 Å². The Labute approximate surface area is 144 Å². The van der Waals surface area contributed by atoms with E-state index >= 15 is 0 Å². The van der Waals surface area contributed by atoms with Crippen LogP contribution >= 0.6 is 0 Å². The van der Waals surface area contributed by atoms with Gasteiger partial charge < -0.3 is 4.74 Å². The Morgan fingerprint density at radius 1 is 0.880 bits per heavy atom. The average molecular weight is 348 g/mol. The quantitative estimate of drug-likeness (QED) is 0.767. The van der Waals surface area contributed by atoms with E-state index in [4.69, 9.17) is 4.74 Å². The van der Waals surface area contributed by atoms with Gasteiger partial charge in [0.1, 0.15) is 11.5 Å². The van der Waals surface area contributed by atoms with Gasteiger partial charge in [-0.25, -0.2) is 0 Å². The second kappa shape index (κ2) is 6.54. The number of carbonyl (C=O) groups excluding carboxylic acids is 1. The second-order valence-corrected chi connectivity index (χ2v) is 6.42. The molecule has 0 saturated heterocycles. The van der Waals surface area contributed by atoms with Crippen LogP contribution in [0.1, 0.15) is 42.4 Å². The maximum atomic E-state index is 12.9. The molecule has 0 heterocycles. The zero-order valence-corrected chi connectivity index (χ0v) is 13.9. The van der Waals surface area contributed by atoms with Gasteiger partial charge in [-0.3, -0.25) is 4.79 Å². The van der Waals surface area contributed by atoms with Crippen molar-refractivity contribution in [1.82, 2.24) is 0 Å². The fourth-order valence-corrected chi connectivity index (χ4v) is 3.59. The number of rotatable bonds is 3. The molecule has 1 saturated carbocycles. The summed E-state index contributed by atoms with van der Waals surface area (Å²) in [6.45, 7) is 0. The zero-order chi connectivity index (χ0) is 18.1. The third kappa shape index (κ3) is 3.41. The van der Waals surface area contributed by atoms with Gasteiger partial charge in [0.15, 0.2) is 0 Å². The van der Waals surface area contributed by atoms with Crippen molar-refractivity contribution in [2.45, 2.75) is 37.3 Å². The van der Waals surface area contributed by atoms with Crippen LogP contribution in [0.25, 0.3) is 0 Å². The Morgan fingerprint density at radius 3 is 1.80 bits per heavy atom. The molecule has 0 bridgehead atoms. The van der Waals surface area contributed by atoms with Crippen LogP contribution in [0.4, 0.5) is 13.2 Å². The van der Waals surface area contributed by atoms with E-state index in [1.807, 2.05) is 24.3 Å². The molecule has 0 N–H and O–H groups in total. The summed E-state index contributed by atoms with van der Waals surface area (Å²) in [4.78, 5) is 11.7. The largest absolute Gasteiger partial charge is 0.497 e. The smallest absolute Gasteiger partial charge is 0.416 e. The highest BCUT2D eigenvalue weighted by Crippen LogP contribution is 2.45. The van der Waals surface area contributed by atoms with Gasteiger partial charge in [-0.15, -0.1) is 0 Å². The molecule has 2 aromatic carbocycles. The van der Waals surface area contributed by atoms with Gasteiger partial charge in [0, 0.05) is 18.3 Å². The van der Waals surface area contributed by atoms with E-state index in [9.17, 15) is 18.0 Å². The van der Waals surface area contributed by atoms with Crippen molar-refractivity contribution in [3.63, 3.8) is 0 Å². The molecule has 2 aromatic rings. The van der Waals surface area contributed by atoms with Crippen LogP contribution in [-0.2, 0) is 16.4 Å². The van der Waals surface area contributed by atoms with E-state index < -0.39 is 17.2 Å². The molecule has 1 aliphatic rings. The van der Waals surface area contributed by atoms with Crippen LogP contribution in [0.5, 0.6) is 5.75 Å². The Kier molecular flexibility index (Phi) is 4.58. The van der Waals surface area contributed by atoms with Crippen LogP contribution in [0.2, 0.25) is 0 Å². The first kappa shape index (κ1) is 17.5. The van der Waals surface area contributed by atoms with Crippen molar-refractivity contribution >= 4 is 5.78 Å². The Morgan fingerprint density at radius 2 is 1.36 bits per heavy atom. The van der Waals surface area contributed by atoms with E-state index in [-0.39, 0.29) is 5.78 Å². The Hall–Kier alpha value is -2.30. The predicted octanol–water partition coefficient (Wildman–Crippen LogP) is 5.14. The first-order chi connectivity index (χ1) is 11.8. The number of carbonyl (C=O) groups is 1.